The first-order valence-electron chi connectivity index (χ1n) is 2.67. The van der Waals surface area contributed by atoms with Crippen LogP contribution in [-0.2, 0) is 18.0 Å². The van der Waals surface area contributed by atoms with Crippen LogP contribution in [-0.4, -0.2) is 10.2 Å². The highest BCUT2D eigenvalue weighted by molar-refractivity contribution is 14.1. The number of ether oxygens (including phenoxy) is 1. The molecule has 0 aliphatic carbocycles. The molecular formula is C5H5IN2O. The van der Waals surface area contributed by atoms with E-state index in [0.29, 0.717) is 6.61 Å². The summed E-state index contributed by atoms with van der Waals surface area (Å²) in [4.78, 5) is 0. The minimum atomic E-state index is 0.700. The molecule has 0 aromatic carbocycles. The molecule has 48 valence electrons. The molecule has 3 nitrogen and oxygen atoms in total. The van der Waals surface area contributed by atoms with Crippen LogP contribution in [0.15, 0.2) is 0 Å². The first-order valence-corrected chi connectivity index (χ1v) is 3.75. The fourth-order valence-corrected chi connectivity index (χ4v) is 1.50. The first kappa shape index (κ1) is 5.67. The Labute approximate surface area is 65.9 Å². The van der Waals surface area contributed by atoms with Gasteiger partial charge in [-0.2, -0.15) is 5.10 Å². The van der Waals surface area contributed by atoms with Gasteiger partial charge in [-0.3, -0.25) is 5.10 Å². The molecule has 2 heterocycles. The van der Waals surface area contributed by atoms with Gasteiger partial charge >= 0.3 is 0 Å². The summed E-state index contributed by atoms with van der Waals surface area (Å²) in [5, 5.41) is 6.92. The van der Waals surface area contributed by atoms with E-state index in [4.69, 9.17) is 4.74 Å². The standard InChI is InChI=1S/C5H5IN2O/c6-5-3-1-9-2-4(3)7-8-5/h1-2H2,(H,7,8). The Balaban J connectivity index is 2.56. The molecule has 0 unspecified atom stereocenters. The van der Waals surface area contributed by atoms with Gasteiger partial charge in [0.25, 0.3) is 0 Å². The van der Waals surface area contributed by atoms with Gasteiger partial charge < -0.3 is 4.74 Å². The van der Waals surface area contributed by atoms with Crippen LogP contribution in [0.2, 0.25) is 0 Å². The Hall–Kier alpha value is -0.100. The highest BCUT2D eigenvalue weighted by Crippen LogP contribution is 2.21. The largest absolute Gasteiger partial charge is 0.370 e. The molecule has 1 aliphatic heterocycles. The van der Waals surface area contributed by atoms with E-state index in [2.05, 4.69) is 32.8 Å². The van der Waals surface area contributed by atoms with Crippen molar-refractivity contribution < 1.29 is 4.74 Å². The molecule has 0 fully saturated rings. The van der Waals surface area contributed by atoms with Crippen molar-refractivity contribution in [2.24, 2.45) is 0 Å². The van der Waals surface area contributed by atoms with Gasteiger partial charge in [0.1, 0.15) is 3.70 Å². The van der Waals surface area contributed by atoms with Crippen LogP contribution >= 0.6 is 22.6 Å². The van der Waals surface area contributed by atoms with E-state index in [0.717, 1.165) is 16.0 Å². The number of nitrogens with one attached hydrogen (secondary N) is 1. The highest BCUT2D eigenvalue weighted by Gasteiger charge is 2.16. The Morgan fingerprint density at radius 1 is 1.56 bits per heavy atom. The van der Waals surface area contributed by atoms with Crippen molar-refractivity contribution in [2.75, 3.05) is 0 Å². The molecule has 4 heteroatoms. The molecule has 1 aromatic heterocycles. The summed E-state index contributed by atoms with van der Waals surface area (Å²) in [5.41, 5.74) is 2.37. The lowest BCUT2D eigenvalue weighted by molar-refractivity contribution is 0.131. The van der Waals surface area contributed by atoms with E-state index in [1.165, 1.54) is 5.56 Å². The summed E-state index contributed by atoms with van der Waals surface area (Å²) in [5.74, 6) is 0. The van der Waals surface area contributed by atoms with Gasteiger partial charge in [0, 0.05) is 5.56 Å². The summed E-state index contributed by atoms with van der Waals surface area (Å²) >= 11 is 2.20. The molecule has 0 saturated carbocycles. The second kappa shape index (κ2) is 1.95. The third-order valence-electron chi connectivity index (χ3n) is 1.40. The lowest BCUT2D eigenvalue weighted by atomic mass is 10.3. The van der Waals surface area contributed by atoms with Crippen LogP contribution in [0.5, 0.6) is 0 Å². The first-order chi connectivity index (χ1) is 4.38. The fourth-order valence-electron chi connectivity index (χ4n) is 0.897. The minimum Gasteiger partial charge on any atom is -0.370 e. The quantitative estimate of drug-likeness (QED) is 0.683. The van der Waals surface area contributed by atoms with Crippen LogP contribution in [0.3, 0.4) is 0 Å². The van der Waals surface area contributed by atoms with Crippen LogP contribution in [0, 0.1) is 3.70 Å². The number of hydrogen-bond donors (Lipinski definition) is 1. The Morgan fingerprint density at radius 3 is 3.22 bits per heavy atom. The molecule has 9 heavy (non-hydrogen) atoms. The number of fused-ring (bicyclic) bond motifs is 1. The number of rotatable bonds is 0. The van der Waals surface area contributed by atoms with Gasteiger partial charge in [-0.1, -0.05) is 0 Å². The Kier molecular flexibility index (Phi) is 1.23. The summed E-state index contributed by atoms with van der Waals surface area (Å²) in [6.07, 6.45) is 0. The van der Waals surface area contributed by atoms with E-state index >= 15 is 0 Å². The van der Waals surface area contributed by atoms with Crippen LogP contribution in [0.1, 0.15) is 11.3 Å². The molecule has 1 aromatic rings. The third-order valence-corrected chi connectivity index (χ3v) is 2.29. The molecule has 0 radical (unpaired) electrons. The van der Waals surface area contributed by atoms with Crippen molar-refractivity contribution in [3.63, 3.8) is 0 Å². The number of aromatic amines is 1. The van der Waals surface area contributed by atoms with E-state index < -0.39 is 0 Å². The van der Waals surface area contributed by atoms with Crippen molar-refractivity contribution in [1.82, 2.24) is 10.2 Å². The number of hydrogen-bond acceptors (Lipinski definition) is 2. The molecule has 0 amide bonds. The maximum absolute atomic E-state index is 5.16. The van der Waals surface area contributed by atoms with Crippen LogP contribution in [0.25, 0.3) is 0 Å². The van der Waals surface area contributed by atoms with Gasteiger partial charge in [-0.25, -0.2) is 0 Å². The third kappa shape index (κ3) is 0.770. The summed E-state index contributed by atoms with van der Waals surface area (Å²) in [7, 11) is 0. The molecule has 0 atom stereocenters. The monoisotopic (exact) mass is 236 g/mol. The van der Waals surface area contributed by atoms with E-state index in [9.17, 15) is 0 Å². The highest BCUT2D eigenvalue weighted by atomic mass is 127. The topological polar surface area (TPSA) is 37.9 Å². The van der Waals surface area contributed by atoms with Gasteiger partial charge in [0.15, 0.2) is 0 Å². The molecule has 0 spiro atoms. The van der Waals surface area contributed by atoms with Gasteiger partial charge in [0.2, 0.25) is 0 Å². The second-order valence-electron chi connectivity index (χ2n) is 1.96. The molecule has 2 rings (SSSR count). The average Bonchev–Trinajstić information content (AvgIpc) is 2.35. The van der Waals surface area contributed by atoms with Crippen LogP contribution in [0.4, 0.5) is 0 Å². The van der Waals surface area contributed by atoms with Crippen molar-refractivity contribution >= 4 is 22.6 Å². The van der Waals surface area contributed by atoms with Crippen molar-refractivity contribution in [3.8, 4) is 0 Å². The van der Waals surface area contributed by atoms with E-state index in [-0.39, 0.29) is 0 Å². The fraction of sp³-hybridized carbons (Fsp3) is 0.400. The lowest BCUT2D eigenvalue weighted by Crippen LogP contribution is -1.82. The normalized spacial score (nSPS) is 16.1. The van der Waals surface area contributed by atoms with E-state index in [1.807, 2.05) is 0 Å². The Morgan fingerprint density at radius 2 is 2.44 bits per heavy atom. The molecule has 1 N–H and O–H groups in total. The number of nitrogens with zero attached hydrogens (tertiary/aromatic N) is 1. The van der Waals surface area contributed by atoms with Gasteiger partial charge in [-0.05, 0) is 22.6 Å². The second-order valence-corrected chi connectivity index (χ2v) is 2.99. The maximum atomic E-state index is 5.16. The smallest absolute Gasteiger partial charge is 0.128 e. The zero-order valence-corrected chi connectivity index (χ0v) is 6.81. The predicted molar refractivity (Wildman–Crippen MR) is 39.8 cm³/mol. The molecule has 1 aliphatic rings. The molecule has 0 saturated heterocycles. The lowest BCUT2D eigenvalue weighted by Gasteiger charge is -1.85. The molecular weight excluding hydrogens is 231 g/mol. The molecule has 0 bridgehead atoms. The Bertz CT molecular complexity index is 233. The van der Waals surface area contributed by atoms with E-state index in [1.54, 1.807) is 0 Å². The van der Waals surface area contributed by atoms with Crippen molar-refractivity contribution in [3.05, 3.63) is 15.0 Å². The maximum Gasteiger partial charge on any atom is 0.128 e. The zero-order valence-electron chi connectivity index (χ0n) is 4.65. The summed E-state index contributed by atoms with van der Waals surface area (Å²) in [6.45, 7) is 1.43. The number of aromatic nitrogens is 2. The minimum absolute atomic E-state index is 0.700. The zero-order chi connectivity index (χ0) is 6.27. The van der Waals surface area contributed by atoms with Crippen molar-refractivity contribution in [2.45, 2.75) is 13.2 Å². The number of halogens is 1. The van der Waals surface area contributed by atoms with Crippen molar-refractivity contribution in [1.29, 1.82) is 0 Å². The predicted octanol–water partition coefficient (Wildman–Crippen LogP) is 1.04. The SMILES string of the molecule is Ic1n[nH]c2c1COC2. The summed E-state index contributed by atoms with van der Waals surface area (Å²) in [6, 6.07) is 0. The average molecular weight is 236 g/mol. The number of H-pyrrole nitrogens is 1. The summed E-state index contributed by atoms with van der Waals surface area (Å²) < 4.78 is 6.20. The van der Waals surface area contributed by atoms with Crippen LogP contribution < -0.4 is 0 Å². The van der Waals surface area contributed by atoms with Gasteiger partial charge in [-0.15, -0.1) is 0 Å². The van der Waals surface area contributed by atoms with Gasteiger partial charge in [0.05, 0.1) is 18.9 Å².